The van der Waals surface area contributed by atoms with Crippen LogP contribution in [0.15, 0.2) is 0 Å². The molecule has 0 radical (unpaired) electrons. The van der Waals surface area contributed by atoms with Gasteiger partial charge in [-0.15, -0.1) is 11.8 Å². The van der Waals surface area contributed by atoms with Crippen molar-refractivity contribution >= 4 is 23.6 Å². The van der Waals surface area contributed by atoms with Gasteiger partial charge in [-0.25, -0.2) is 0 Å². The van der Waals surface area contributed by atoms with Gasteiger partial charge < -0.3 is 15.5 Å². The van der Waals surface area contributed by atoms with Crippen molar-refractivity contribution in [2.75, 3.05) is 45.2 Å². The lowest BCUT2D eigenvalue weighted by atomic mass is 10.1. The van der Waals surface area contributed by atoms with Gasteiger partial charge in [0.25, 0.3) is 0 Å². The standard InChI is InChI=1S/C11H21N3O2S/c1-13(2)5-9-3-4-14(6-9)11(16)8-17-7-10(12)15/h9H,3-8H2,1-2H3,(H2,12,15). The Morgan fingerprint density at radius 2 is 2.12 bits per heavy atom. The van der Waals surface area contributed by atoms with Crippen LogP contribution in [-0.2, 0) is 9.59 Å². The Hall–Kier alpha value is -0.750. The van der Waals surface area contributed by atoms with Gasteiger partial charge in [0.05, 0.1) is 11.5 Å². The summed E-state index contributed by atoms with van der Waals surface area (Å²) >= 11 is 1.30. The molecule has 1 fully saturated rings. The number of hydrogen-bond donors (Lipinski definition) is 1. The zero-order chi connectivity index (χ0) is 12.8. The van der Waals surface area contributed by atoms with Gasteiger partial charge in [-0.2, -0.15) is 0 Å². The van der Waals surface area contributed by atoms with E-state index in [1.165, 1.54) is 11.8 Å². The number of thioether (sulfide) groups is 1. The summed E-state index contributed by atoms with van der Waals surface area (Å²) in [5, 5.41) is 0. The van der Waals surface area contributed by atoms with Gasteiger partial charge in [0.15, 0.2) is 0 Å². The molecule has 6 heteroatoms. The minimum atomic E-state index is -0.366. The summed E-state index contributed by atoms with van der Waals surface area (Å²) in [4.78, 5) is 26.4. The van der Waals surface area contributed by atoms with Crippen molar-refractivity contribution in [2.24, 2.45) is 11.7 Å². The first-order valence-corrected chi connectivity index (χ1v) is 6.93. The van der Waals surface area contributed by atoms with E-state index in [2.05, 4.69) is 4.90 Å². The first-order valence-electron chi connectivity index (χ1n) is 5.77. The largest absolute Gasteiger partial charge is 0.369 e. The monoisotopic (exact) mass is 259 g/mol. The van der Waals surface area contributed by atoms with Gasteiger partial charge in [-0.1, -0.05) is 0 Å². The van der Waals surface area contributed by atoms with Gasteiger partial charge >= 0.3 is 0 Å². The quantitative estimate of drug-likeness (QED) is 0.706. The van der Waals surface area contributed by atoms with E-state index in [-0.39, 0.29) is 17.6 Å². The number of rotatable bonds is 6. The number of nitrogens with two attached hydrogens (primary N) is 1. The van der Waals surface area contributed by atoms with Gasteiger partial charge in [-0.3, -0.25) is 9.59 Å². The molecule has 1 heterocycles. The van der Waals surface area contributed by atoms with E-state index >= 15 is 0 Å². The number of nitrogens with zero attached hydrogens (tertiary/aromatic N) is 2. The third-order valence-corrected chi connectivity index (χ3v) is 3.67. The van der Waals surface area contributed by atoms with Crippen LogP contribution in [0.25, 0.3) is 0 Å². The molecule has 17 heavy (non-hydrogen) atoms. The minimum Gasteiger partial charge on any atom is -0.369 e. The summed E-state index contributed by atoms with van der Waals surface area (Å²) < 4.78 is 0. The van der Waals surface area contributed by atoms with Gasteiger partial charge in [0, 0.05) is 19.6 Å². The molecule has 1 aliphatic rings. The molecule has 0 spiro atoms. The third kappa shape index (κ3) is 5.41. The normalized spacial score (nSPS) is 19.9. The molecule has 5 nitrogen and oxygen atoms in total. The van der Waals surface area contributed by atoms with Crippen LogP contribution in [0.1, 0.15) is 6.42 Å². The summed E-state index contributed by atoms with van der Waals surface area (Å²) in [5.41, 5.74) is 5.02. The number of amides is 2. The molecule has 1 atom stereocenters. The van der Waals surface area contributed by atoms with Crippen molar-refractivity contribution in [1.82, 2.24) is 9.80 Å². The van der Waals surface area contributed by atoms with Crippen molar-refractivity contribution in [3.63, 3.8) is 0 Å². The van der Waals surface area contributed by atoms with Crippen LogP contribution in [0, 0.1) is 5.92 Å². The second-order valence-corrected chi connectivity index (χ2v) is 5.70. The molecule has 0 aliphatic carbocycles. The average Bonchev–Trinajstić information content (AvgIpc) is 2.64. The van der Waals surface area contributed by atoms with Crippen molar-refractivity contribution in [3.8, 4) is 0 Å². The molecule has 2 amide bonds. The maximum Gasteiger partial charge on any atom is 0.232 e. The van der Waals surface area contributed by atoms with Gasteiger partial charge in [-0.05, 0) is 26.4 Å². The highest BCUT2D eigenvalue weighted by atomic mass is 32.2. The van der Waals surface area contributed by atoms with Crippen LogP contribution >= 0.6 is 11.8 Å². The highest BCUT2D eigenvalue weighted by Crippen LogP contribution is 2.17. The number of carbonyl (C=O) groups is 2. The third-order valence-electron chi connectivity index (χ3n) is 2.73. The lowest BCUT2D eigenvalue weighted by Crippen LogP contribution is -2.32. The topological polar surface area (TPSA) is 66.6 Å². The van der Waals surface area contributed by atoms with E-state index in [4.69, 9.17) is 5.73 Å². The molecular weight excluding hydrogens is 238 g/mol. The maximum absolute atomic E-state index is 11.8. The Labute approximate surface area is 107 Å². The van der Waals surface area contributed by atoms with E-state index in [1.807, 2.05) is 19.0 Å². The van der Waals surface area contributed by atoms with Gasteiger partial charge in [0.2, 0.25) is 11.8 Å². The molecule has 0 aromatic rings. The highest BCUT2D eigenvalue weighted by molar-refractivity contribution is 8.00. The summed E-state index contributed by atoms with van der Waals surface area (Å²) in [7, 11) is 4.10. The molecule has 0 aromatic carbocycles. The van der Waals surface area contributed by atoms with E-state index in [9.17, 15) is 9.59 Å². The summed E-state index contributed by atoms with van der Waals surface area (Å²) in [5.74, 6) is 0.917. The molecule has 2 N–H and O–H groups in total. The van der Waals surface area contributed by atoms with Crippen LogP contribution < -0.4 is 5.73 Å². The first-order chi connectivity index (χ1) is 7.99. The lowest BCUT2D eigenvalue weighted by Gasteiger charge is -2.18. The Morgan fingerprint density at radius 1 is 1.41 bits per heavy atom. The maximum atomic E-state index is 11.8. The summed E-state index contributed by atoms with van der Waals surface area (Å²) in [6.45, 7) is 2.71. The van der Waals surface area contributed by atoms with Crippen molar-refractivity contribution in [2.45, 2.75) is 6.42 Å². The predicted molar refractivity (Wildman–Crippen MR) is 69.8 cm³/mol. The van der Waals surface area contributed by atoms with Gasteiger partial charge in [0.1, 0.15) is 0 Å². The second kappa shape index (κ2) is 6.86. The fraction of sp³-hybridized carbons (Fsp3) is 0.818. The smallest absolute Gasteiger partial charge is 0.232 e. The molecule has 1 rings (SSSR count). The Morgan fingerprint density at radius 3 is 2.71 bits per heavy atom. The van der Waals surface area contributed by atoms with Crippen LogP contribution in [0.2, 0.25) is 0 Å². The average molecular weight is 259 g/mol. The Balaban J connectivity index is 2.23. The first kappa shape index (κ1) is 14.3. The number of hydrogen-bond acceptors (Lipinski definition) is 4. The van der Waals surface area contributed by atoms with Crippen LogP contribution in [0.5, 0.6) is 0 Å². The van der Waals surface area contributed by atoms with Crippen molar-refractivity contribution in [3.05, 3.63) is 0 Å². The number of primary amides is 1. The van der Waals surface area contributed by atoms with Crippen LogP contribution in [-0.4, -0.2) is 66.8 Å². The van der Waals surface area contributed by atoms with Crippen molar-refractivity contribution in [1.29, 1.82) is 0 Å². The molecule has 0 aromatic heterocycles. The summed E-state index contributed by atoms with van der Waals surface area (Å²) in [6, 6.07) is 0. The highest BCUT2D eigenvalue weighted by Gasteiger charge is 2.26. The SMILES string of the molecule is CN(C)CC1CCN(C(=O)CSCC(N)=O)C1. The van der Waals surface area contributed by atoms with Crippen LogP contribution in [0.4, 0.5) is 0 Å². The number of likely N-dealkylation sites (tertiary alicyclic amines) is 1. The fourth-order valence-electron chi connectivity index (χ4n) is 2.05. The second-order valence-electron chi connectivity index (χ2n) is 4.72. The van der Waals surface area contributed by atoms with E-state index in [0.717, 1.165) is 26.1 Å². The molecule has 1 unspecified atom stereocenters. The van der Waals surface area contributed by atoms with E-state index in [1.54, 1.807) is 0 Å². The molecule has 1 aliphatic heterocycles. The van der Waals surface area contributed by atoms with E-state index in [0.29, 0.717) is 11.7 Å². The Kier molecular flexibility index (Phi) is 5.77. The zero-order valence-corrected chi connectivity index (χ0v) is 11.3. The molecule has 0 saturated carbocycles. The molecule has 0 bridgehead atoms. The summed E-state index contributed by atoms with van der Waals surface area (Å²) in [6.07, 6.45) is 1.07. The van der Waals surface area contributed by atoms with E-state index < -0.39 is 0 Å². The lowest BCUT2D eigenvalue weighted by molar-refractivity contribution is -0.127. The molecule has 98 valence electrons. The zero-order valence-electron chi connectivity index (χ0n) is 10.5. The minimum absolute atomic E-state index is 0.123. The fourth-order valence-corrected chi connectivity index (χ4v) is 2.72. The van der Waals surface area contributed by atoms with Crippen LogP contribution in [0.3, 0.4) is 0 Å². The molecule has 1 saturated heterocycles. The number of carbonyl (C=O) groups excluding carboxylic acids is 2. The Bertz CT molecular complexity index is 284. The van der Waals surface area contributed by atoms with Crippen molar-refractivity contribution < 1.29 is 9.59 Å². The predicted octanol–water partition coefficient (Wildman–Crippen LogP) is -0.385. The molecular formula is C11H21N3O2S.